The Balaban J connectivity index is 1.53. The lowest BCUT2D eigenvalue weighted by atomic mass is 10.0. The van der Waals surface area contributed by atoms with Crippen LogP contribution in [-0.4, -0.2) is 41.3 Å². The molecule has 6 nitrogen and oxygen atoms in total. The number of hydrogen-bond acceptors (Lipinski definition) is 3. The molecule has 0 spiro atoms. The molecule has 0 fully saturated rings. The molecule has 1 aromatic heterocycles. The molecule has 2 aliphatic rings. The van der Waals surface area contributed by atoms with Crippen molar-refractivity contribution in [3.05, 3.63) is 75.7 Å². The van der Waals surface area contributed by atoms with E-state index < -0.39 is 0 Å². The zero-order chi connectivity index (χ0) is 21.3. The summed E-state index contributed by atoms with van der Waals surface area (Å²) in [6, 6.07) is 5.30. The molecule has 0 unspecified atom stereocenters. The molecule has 7 heteroatoms. The van der Waals surface area contributed by atoms with Crippen LogP contribution in [0.1, 0.15) is 32.9 Å². The normalized spacial score (nSPS) is 16.2. The summed E-state index contributed by atoms with van der Waals surface area (Å²) in [4.78, 5) is 30.6. The van der Waals surface area contributed by atoms with Gasteiger partial charge in [0.05, 0.1) is 11.1 Å². The maximum absolute atomic E-state index is 12.8. The molecule has 2 aliphatic heterocycles. The molecule has 0 radical (unpaired) electrons. The zero-order valence-electron chi connectivity index (χ0n) is 16.9. The lowest BCUT2D eigenvalue weighted by Gasteiger charge is -2.20. The summed E-state index contributed by atoms with van der Waals surface area (Å²) in [5.41, 5.74) is 4.93. The van der Waals surface area contributed by atoms with Gasteiger partial charge in [-0.1, -0.05) is 23.8 Å². The first kappa shape index (κ1) is 20.0. The Kier molecular flexibility index (Phi) is 5.50. The van der Waals surface area contributed by atoms with E-state index in [1.807, 2.05) is 32.2 Å². The Labute approximate surface area is 180 Å². The summed E-state index contributed by atoms with van der Waals surface area (Å²) < 4.78 is 0. The number of aryl methyl sites for hydroxylation is 1. The number of H-pyrrole nitrogens is 1. The number of rotatable bonds is 5. The van der Waals surface area contributed by atoms with Gasteiger partial charge in [-0.15, -0.1) is 0 Å². The zero-order valence-corrected chi connectivity index (χ0v) is 17.6. The number of carbonyl (C=O) groups excluding carboxylic acids is 2. The summed E-state index contributed by atoms with van der Waals surface area (Å²) in [5.74, 6) is -0.310. The first-order valence-electron chi connectivity index (χ1n) is 9.82. The van der Waals surface area contributed by atoms with Crippen LogP contribution in [0.25, 0.3) is 11.6 Å². The van der Waals surface area contributed by atoms with E-state index in [4.69, 9.17) is 11.6 Å². The molecule has 0 saturated carbocycles. The molecular weight excluding hydrogens is 400 g/mol. The fourth-order valence-electron chi connectivity index (χ4n) is 3.78. The second-order valence-electron chi connectivity index (χ2n) is 7.39. The van der Waals surface area contributed by atoms with E-state index in [0.717, 1.165) is 41.3 Å². The second kappa shape index (κ2) is 8.24. The Morgan fingerprint density at radius 1 is 1.30 bits per heavy atom. The fourth-order valence-corrected chi connectivity index (χ4v) is 3.95. The van der Waals surface area contributed by atoms with E-state index >= 15 is 0 Å². The second-order valence-corrected chi connectivity index (χ2v) is 7.82. The van der Waals surface area contributed by atoms with Gasteiger partial charge < -0.3 is 20.5 Å². The SMILES string of the molecule is Cc1[nH]c(/C=C2\C(=O)Nc3ccc(Cl)cc32)c(C)c1C(=O)NCCN1C=CC=CC1. The highest BCUT2D eigenvalue weighted by molar-refractivity contribution is 6.36. The minimum absolute atomic E-state index is 0.123. The van der Waals surface area contributed by atoms with Crippen molar-refractivity contribution in [3.8, 4) is 0 Å². The van der Waals surface area contributed by atoms with Crippen LogP contribution in [0.3, 0.4) is 0 Å². The summed E-state index contributed by atoms with van der Waals surface area (Å²) in [6.45, 7) is 5.88. The van der Waals surface area contributed by atoms with Crippen molar-refractivity contribution < 1.29 is 9.59 Å². The molecule has 2 amide bonds. The number of carbonyl (C=O) groups is 2. The molecule has 3 heterocycles. The average Bonchev–Trinajstić information content (AvgIpc) is 3.18. The largest absolute Gasteiger partial charge is 0.372 e. The van der Waals surface area contributed by atoms with Gasteiger partial charge >= 0.3 is 0 Å². The molecular formula is C23H23ClN4O2. The predicted octanol–water partition coefficient (Wildman–Crippen LogP) is 3.89. The summed E-state index contributed by atoms with van der Waals surface area (Å²) in [7, 11) is 0. The number of nitrogens with zero attached hydrogens (tertiary/aromatic N) is 1. The van der Waals surface area contributed by atoms with E-state index in [1.165, 1.54) is 0 Å². The Bertz CT molecular complexity index is 1110. The number of amides is 2. The van der Waals surface area contributed by atoms with Crippen molar-refractivity contribution in [1.29, 1.82) is 0 Å². The predicted molar refractivity (Wildman–Crippen MR) is 120 cm³/mol. The summed E-state index contributed by atoms with van der Waals surface area (Å²) in [6.07, 6.45) is 9.86. The number of fused-ring (bicyclic) bond motifs is 1. The van der Waals surface area contributed by atoms with Gasteiger partial charge in [-0.2, -0.15) is 0 Å². The van der Waals surface area contributed by atoms with Crippen LogP contribution < -0.4 is 10.6 Å². The lowest BCUT2D eigenvalue weighted by Crippen LogP contribution is -2.33. The molecule has 0 atom stereocenters. The Hall–Kier alpha value is -3.25. The molecule has 0 aliphatic carbocycles. The molecule has 0 bridgehead atoms. The van der Waals surface area contributed by atoms with E-state index in [1.54, 1.807) is 24.3 Å². The van der Waals surface area contributed by atoms with Gasteiger partial charge in [0, 0.05) is 47.3 Å². The van der Waals surface area contributed by atoms with E-state index in [-0.39, 0.29) is 11.8 Å². The van der Waals surface area contributed by atoms with Crippen molar-refractivity contribution >= 4 is 40.8 Å². The molecule has 4 rings (SSSR count). The lowest BCUT2D eigenvalue weighted by molar-refractivity contribution is -0.110. The Morgan fingerprint density at radius 3 is 2.90 bits per heavy atom. The topological polar surface area (TPSA) is 77.2 Å². The van der Waals surface area contributed by atoms with Crippen LogP contribution >= 0.6 is 11.6 Å². The van der Waals surface area contributed by atoms with E-state index in [0.29, 0.717) is 22.7 Å². The highest BCUT2D eigenvalue weighted by Gasteiger charge is 2.25. The van der Waals surface area contributed by atoms with Gasteiger partial charge in [-0.25, -0.2) is 0 Å². The van der Waals surface area contributed by atoms with Crippen molar-refractivity contribution in [1.82, 2.24) is 15.2 Å². The number of anilines is 1. The maximum Gasteiger partial charge on any atom is 0.256 e. The summed E-state index contributed by atoms with van der Waals surface area (Å²) >= 11 is 6.11. The van der Waals surface area contributed by atoms with Gasteiger partial charge in [-0.3, -0.25) is 9.59 Å². The monoisotopic (exact) mass is 422 g/mol. The van der Waals surface area contributed by atoms with Crippen molar-refractivity contribution in [3.63, 3.8) is 0 Å². The van der Waals surface area contributed by atoms with E-state index in [2.05, 4.69) is 26.6 Å². The molecule has 3 N–H and O–H groups in total. The summed E-state index contributed by atoms with van der Waals surface area (Å²) in [5, 5.41) is 6.40. The number of aromatic nitrogens is 1. The fraction of sp³-hybridized carbons (Fsp3) is 0.217. The highest BCUT2D eigenvalue weighted by Crippen LogP contribution is 2.35. The molecule has 30 heavy (non-hydrogen) atoms. The van der Waals surface area contributed by atoms with Crippen LogP contribution in [0.4, 0.5) is 5.69 Å². The van der Waals surface area contributed by atoms with Gasteiger partial charge in [-0.05, 0) is 56.0 Å². The van der Waals surface area contributed by atoms with Crippen molar-refractivity contribution in [2.75, 3.05) is 25.0 Å². The smallest absolute Gasteiger partial charge is 0.256 e. The third-order valence-electron chi connectivity index (χ3n) is 5.33. The molecule has 154 valence electrons. The van der Waals surface area contributed by atoms with Gasteiger partial charge in [0.2, 0.25) is 0 Å². The van der Waals surface area contributed by atoms with Crippen LogP contribution in [0.15, 0.2) is 42.6 Å². The molecule has 1 aromatic carbocycles. The molecule has 2 aromatic rings. The average molecular weight is 423 g/mol. The van der Waals surface area contributed by atoms with Crippen LogP contribution in [0, 0.1) is 13.8 Å². The first-order valence-corrected chi connectivity index (χ1v) is 10.2. The van der Waals surface area contributed by atoms with Crippen molar-refractivity contribution in [2.45, 2.75) is 13.8 Å². The minimum atomic E-state index is -0.187. The number of hydrogen-bond donors (Lipinski definition) is 3. The van der Waals surface area contributed by atoms with Crippen LogP contribution in [0.5, 0.6) is 0 Å². The maximum atomic E-state index is 12.8. The van der Waals surface area contributed by atoms with Gasteiger partial charge in [0.25, 0.3) is 11.8 Å². The highest BCUT2D eigenvalue weighted by atomic mass is 35.5. The quantitative estimate of drug-likeness (QED) is 0.639. The number of aromatic amines is 1. The number of benzene rings is 1. The van der Waals surface area contributed by atoms with Crippen LogP contribution in [0.2, 0.25) is 5.02 Å². The first-order chi connectivity index (χ1) is 14.4. The standard InChI is InChI=1S/C23H23ClN4O2/c1-14-20(13-18-17-12-16(24)6-7-19(17)27-22(18)29)26-15(2)21(14)23(30)25-8-11-28-9-4-3-5-10-28/h3-7,9,12-13,26H,8,10-11H2,1-2H3,(H,25,30)(H,27,29)/b18-13-. The number of halogens is 1. The van der Waals surface area contributed by atoms with Crippen LogP contribution in [-0.2, 0) is 4.79 Å². The number of allylic oxidation sites excluding steroid dienone is 2. The Morgan fingerprint density at radius 2 is 2.13 bits per heavy atom. The van der Waals surface area contributed by atoms with Gasteiger partial charge in [0.1, 0.15) is 0 Å². The number of nitrogens with one attached hydrogen (secondary N) is 3. The third-order valence-corrected chi connectivity index (χ3v) is 5.56. The van der Waals surface area contributed by atoms with E-state index in [9.17, 15) is 9.59 Å². The minimum Gasteiger partial charge on any atom is -0.372 e. The molecule has 0 saturated heterocycles. The third kappa shape index (κ3) is 3.91. The van der Waals surface area contributed by atoms with Crippen molar-refractivity contribution in [2.24, 2.45) is 0 Å². The van der Waals surface area contributed by atoms with Gasteiger partial charge in [0.15, 0.2) is 0 Å².